The molecule has 8 heteroatoms. The van der Waals surface area contributed by atoms with Crippen molar-refractivity contribution >= 4 is 38.5 Å². The summed E-state index contributed by atoms with van der Waals surface area (Å²) in [6.45, 7) is 0. The van der Waals surface area contributed by atoms with E-state index in [2.05, 4.69) is 35.7 Å². The van der Waals surface area contributed by atoms with Crippen molar-refractivity contribution in [1.29, 1.82) is 0 Å². The van der Waals surface area contributed by atoms with Crippen LogP contribution in [0.4, 0.5) is 10.1 Å². The van der Waals surface area contributed by atoms with Crippen molar-refractivity contribution in [3.63, 3.8) is 0 Å². The number of benzene rings is 1. The molecule has 0 saturated heterocycles. The average Bonchev–Trinajstić information content (AvgIpc) is 2.40. The number of hydrogen-bond donors (Lipinski definition) is 0. The first kappa shape index (κ1) is 13.3. The summed E-state index contributed by atoms with van der Waals surface area (Å²) in [4.78, 5) is 18.2. The fourth-order valence-corrected chi connectivity index (χ4v) is 1.93. The second-order valence-electron chi connectivity index (χ2n) is 3.48. The quantitative estimate of drug-likeness (QED) is 0.363. The van der Waals surface area contributed by atoms with Crippen LogP contribution in [-0.4, -0.2) is 18.1 Å². The van der Waals surface area contributed by atoms with Crippen molar-refractivity contribution < 1.29 is 13.9 Å². The van der Waals surface area contributed by atoms with Crippen LogP contribution in [-0.2, 0) is 4.74 Å². The molecule has 0 unspecified atom stereocenters. The van der Waals surface area contributed by atoms with Gasteiger partial charge >= 0.3 is 5.97 Å². The third-order valence-corrected chi connectivity index (χ3v) is 3.04. The highest BCUT2D eigenvalue weighted by atomic mass is 79.9. The van der Waals surface area contributed by atoms with Crippen molar-refractivity contribution in [3.05, 3.63) is 44.6 Å². The topological polar surface area (TPSA) is 88.0 Å². The van der Waals surface area contributed by atoms with Crippen molar-refractivity contribution in [2.75, 3.05) is 7.11 Å². The number of carbonyl (C=O) groups excluding carboxylic acids is 1. The van der Waals surface area contributed by atoms with E-state index in [0.29, 0.717) is 5.39 Å². The van der Waals surface area contributed by atoms with E-state index in [1.54, 1.807) is 0 Å². The van der Waals surface area contributed by atoms with Crippen molar-refractivity contribution in [2.24, 2.45) is 5.11 Å². The number of rotatable bonds is 2. The van der Waals surface area contributed by atoms with Gasteiger partial charge in [-0.2, -0.15) is 0 Å². The first-order chi connectivity index (χ1) is 9.08. The highest BCUT2D eigenvalue weighted by molar-refractivity contribution is 9.10. The maximum atomic E-state index is 13.4. The molecule has 0 aliphatic heterocycles. The molecule has 1 heterocycles. The van der Waals surface area contributed by atoms with Crippen LogP contribution in [0.15, 0.2) is 27.9 Å². The Labute approximate surface area is 115 Å². The summed E-state index contributed by atoms with van der Waals surface area (Å²) in [5, 5.41) is 3.83. The molecule has 2 rings (SSSR count). The SMILES string of the molecule is COC(=O)c1cnc2cc(F)c(Br)cc2c1N=[N+]=[N-]. The fourth-order valence-electron chi connectivity index (χ4n) is 1.58. The van der Waals surface area contributed by atoms with Gasteiger partial charge in [0.25, 0.3) is 0 Å². The molecule has 1 aromatic carbocycles. The van der Waals surface area contributed by atoms with Gasteiger partial charge in [-0.1, -0.05) is 5.11 Å². The van der Waals surface area contributed by atoms with Crippen LogP contribution in [0.1, 0.15) is 10.4 Å². The summed E-state index contributed by atoms with van der Waals surface area (Å²) >= 11 is 3.03. The minimum atomic E-state index is -0.683. The van der Waals surface area contributed by atoms with Crippen LogP contribution >= 0.6 is 15.9 Å². The van der Waals surface area contributed by atoms with Crippen molar-refractivity contribution in [1.82, 2.24) is 4.98 Å². The molecule has 0 atom stereocenters. The first-order valence-electron chi connectivity index (χ1n) is 4.99. The van der Waals surface area contributed by atoms with Gasteiger partial charge in [0.05, 0.1) is 28.4 Å². The number of hydrogen-bond acceptors (Lipinski definition) is 4. The van der Waals surface area contributed by atoms with Crippen LogP contribution in [0, 0.1) is 5.82 Å². The van der Waals surface area contributed by atoms with Crippen LogP contribution in [0.5, 0.6) is 0 Å². The van der Waals surface area contributed by atoms with E-state index in [9.17, 15) is 9.18 Å². The lowest BCUT2D eigenvalue weighted by Crippen LogP contribution is -2.02. The number of esters is 1. The van der Waals surface area contributed by atoms with Gasteiger partial charge in [-0.05, 0) is 27.5 Å². The van der Waals surface area contributed by atoms with Gasteiger partial charge in [-0.25, -0.2) is 9.18 Å². The molecule has 6 nitrogen and oxygen atoms in total. The maximum Gasteiger partial charge on any atom is 0.339 e. The lowest BCUT2D eigenvalue weighted by Gasteiger charge is -2.07. The third kappa shape index (κ3) is 2.35. The molecule has 0 aliphatic carbocycles. The summed E-state index contributed by atoms with van der Waals surface area (Å²) < 4.78 is 18.2. The van der Waals surface area contributed by atoms with E-state index in [0.717, 1.165) is 0 Å². The molecule has 0 spiro atoms. The Morgan fingerprint density at radius 1 is 1.58 bits per heavy atom. The lowest BCUT2D eigenvalue weighted by atomic mass is 10.1. The molecule has 0 amide bonds. The Bertz CT molecular complexity index is 728. The smallest absolute Gasteiger partial charge is 0.339 e. The van der Waals surface area contributed by atoms with Gasteiger partial charge in [0.1, 0.15) is 5.82 Å². The number of methoxy groups -OCH3 is 1. The summed E-state index contributed by atoms with van der Waals surface area (Å²) in [5.74, 6) is -1.19. The zero-order chi connectivity index (χ0) is 14.0. The highest BCUT2D eigenvalue weighted by Gasteiger charge is 2.16. The van der Waals surface area contributed by atoms with E-state index < -0.39 is 11.8 Å². The number of carbonyl (C=O) groups is 1. The number of azide groups is 1. The molecule has 19 heavy (non-hydrogen) atoms. The van der Waals surface area contributed by atoms with Gasteiger partial charge in [-0.3, -0.25) is 4.98 Å². The standard InChI is InChI=1S/C11H6BrFN4O2/c1-19-11(18)6-4-15-9-3-8(13)7(12)2-5(9)10(6)16-17-14/h2-4H,1H3. The van der Waals surface area contributed by atoms with Crippen molar-refractivity contribution in [3.8, 4) is 0 Å². The van der Waals surface area contributed by atoms with Crippen LogP contribution in [0.2, 0.25) is 0 Å². The van der Waals surface area contributed by atoms with Gasteiger partial charge in [0.2, 0.25) is 0 Å². The normalized spacial score (nSPS) is 10.1. The summed E-state index contributed by atoms with van der Waals surface area (Å²) in [5.41, 5.74) is 8.93. The number of pyridine rings is 1. The lowest BCUT2D eigenvalue weighted by molar-refractivity contribution is 0.0601. The molecule has 1 aromatic heterocycles. The van der Waals surface area contributed by atoms with E-state index in [-0.39, 0.29) is 21.2 Å². The fraction of sp³-hybridized carbons (Fsp3) is 0.0909. The van der Waals surface area contributed by atoms with Gasteiger partial charge in [0, 0.05) is 22.6 Å². The summed E-state index contributed by atoms with van der Waals surface area (Å²) in [6, 6.07) is 2.57. The van der Waals surface area contributed by atoms with E-state index in [1.165, 1.54) is 25.4 Å². The Morgan fingerprint density at radius 2 is 2.32 bits per heavy atom. The van der Waals surface area contributed by atoms with E-state index in [1.807, 2.05) is 0 Å². The van der Waals surface area contributed by atoms with E-state index >= 15 is 0 Å². The highest BCUT2D eigenvalue weighted by Crippen LogP contribution is 2.32. The Balaban J connectivity index is 2.87. The van der Waals surface area contributed by atoms with Crippen molar-refractivity contribution in [2.45, 2.75) is 0 Å². The second-order valence-corrected chi connectivity index (χ2v) is 4.34. The molecule has 0 radical (unpaired) electrons. The Kier molecular flexibility index (Phi) is 3.64. The molecular formula is C11H6BrFN4O2. The number of fused-ring (bicyclic) bond motifs is 1. The Morgan fingerprint density at radius 3 is 2.95 bits per heavy atom. The molecule has 0 saturated carbocycles. The molecule has 0 fully saturated rings. The molecule has 2 aromatic rings. The largest absolute Gasteiger partial charge is 0.465 e. The molecular weight excluding hydrogens is 319 g/mol. The van der Waals surface area contributed by atoms with Crippen LogP contribution in [0.25, 0.3) is 21.3 Å². The average molecular weight is 325 g/mol. The zero-order valence-corrected chi connectivity index (χ0v) is 11.2. The second kappa shape index (κ2) is 5.21. The first-order valence-corrected chi connectivity index (χ1v) is 5.79. The third-order valence-electron chi connectivity index (χ3n) is 2.43. The molecule has 96 valence electrons. The predicted octanol–water partition coefficient (Wildman–Crippen LogP) is 3.86. The van der Waals surface area contributed by atoms with Gasteiger partial charge in [-0.15, -0.1) is 0 Å². The monoisotopic (exact) mass is 324 g/mol. The maximum absolute atomic E-state index is 13.4. The van der Waals surface area contributed by atoms with Crippen LogP contribution < -0.4 is 0 Å². The van der Waals surface area contributed by atoms with Crippen LogP contribution in [0.3, 0.4) is 0 Å². The summed E-state index contributed by atoms with van der Waals surface area (Å²) in [6.07, 6.45) is 1.19. The zero-order valence-electron chi connectivity index (χ0n) is 9.59. The molecule has 0 aliphatic rings. The Hall–Kier alpha value is -2.18. The summed E-state index contributed by atoms with van der Waals surface area (Å²) in [7, 11) is 1.20. The molecule has 0 N–H and O–H groups in total. The van der Waals surface area contributed by atoms with E-state index in [4.69, 9.17) is 5.53 Å². The number of nitrogens with zero attached hydrogens (tertiary/aromatic N) is 4. The predicted molar refractivity (Wildman–Crippen MR) is 69.5 cm³/mol. The minimum Gasteiger partial charge on any atom is -0.465 e. The van der Waals surface area contributed by atoms with Gasteiger partial charge in [0.15, 0.2) is 0 Å². The molecule has 0 bridgehead atoms. The number of aromatic nitrogens is 1. The minimum absolute atomic E-state index is 0.0197. The number of ether oxygens (including phenoxy) is 1. The number of halogens is 2. The van der Waals surface area contributed by atoms with Gasteiger partial charge < -0.3 is 4.74 Å².